The molecule has 94 valence electrons. The monoisotopic (exact) mass is 224 g/mol. The molecule has 0 bridgehead atoms. The third-order valence-corrected chi connectivity index (χ3v) is 3.52. The maximum absolute atomic E-state index is 3.78. The fourth-order valence-electron chi connectivity index (χ4n) is 2.38. The van der Waals surface area contributed by atoms with Gasteiger partial charge in [0.2, 0.25) is 0 Å². The first kappa shape index (κ1) is 13.7. The van der Waals surface area contributed by atoms with Crippen molar-refractivity contribution >= 4 is 0 Å². The van der Waals surface area contributed by atoms with Gasteiger partial charge in [-0.3, -0.25) is 0 Å². The molecular weight excluding hydrogens is 196 g/mol. The van der Waals surface area contributed by atoms with E-state index < -0.39 is 0 Å². The lowest BCUT2D eigenvalue weighted by Crippen LogP contribution is -2.39. The molecule has 0 aliphatic carbocycles. The van der Waals surface area contributed by atoms with Gasteiger partial charge in [-0.2, -0.15) is 0 Å². The van der Waals surface area contributed by atoms with Crippen molar-refractivity contribution in [2.45, 2.75) is 51.5 Å². The van der Waals surface area contributed by atoms with Crippen LogP contribution >= 0.6 is 0 Å². The zero-order valence-corrected chi connectivity index (χ0v) is 10.9. The smallest absolute Gasteiger partial charge is 0.0107 e. The molecule has 1 aliphatic rings. The third kappa shape index (κ3) is 5.66. The molecule has 1 saturated heterocycles. The fourth-order valence-corrected chi connectivity index (χ4v) is 2.38. The van der Waals surface area contributed by atoms with Gasteiger partial charge in [-0.15, -0.1) is 6.58 Å². The van der Waals surface area contributed by atoms with Crippen LogP contribution in [0, 0.1) is 0 Å². The largest absolute Gasteiger partial charge is 0.313 e. The molecule has 16 heavy (non-hydrogen) atoms. The van der Waals surface area contributed by atoms with E-state index in [0.717, 1.165) is 13.0 Å². The van der Waals surface area contributed by atoms with Crippen molar-refractivity contribution in [1.82, 2.24) is 10.2 Å². The molecule has 1 heterocycles. The predicted octanol–water partition coefficient (Wildman–Crippen LogP) is 2.81. The van der Waals surface area contributed by atoms with Gasteiger partial charge in [0.25, 0.3) is 0 Å². The molecule has 1 aliphatic heterocycles. The molecule has 0 saturated carbocycles. The SMILES string of the molecule is C=CCCC(CC)NCCN1CCCCC1. The molecule has 1 atom stereocenters. The molecule has 0 amide bonds. The summed E-state index contributed by atoms with van der Waals surface area (Å²) in [6, 6.07) is 0.683. The first-order valence-corrected chi connectivity index (χ1v) is 6.93. The zero-order valence-electron chi connectivity index (χ0n) is 10.9. The van der Waals surface area contributed by atoms with Crippen LogP contribution in [0.1, 0.15) is 45.4 Å². The van der Waals surface area contributed by atoms with Crippen LogP contribution < -0.4 is 5.32 Å². The second kappa shape index (κ2) is 8.77. The lowest BCUT2D eigenvalue weighted by molar-refractivity contribution is 0.225. The van der Waals surface area contributed by atoms with Gasteiger partial charge in [-0.05, 0) is 45.2 Å². The molecule has 0 aromatic rings. The van der Waals surface area contributed by atoms with Crippen LogP contribution in [-0.4, -0.2) is 37.1 Å². The Bertz CT molecular complexity index is 174. The highest BCUT2D eigenvalue weighted by atomic mass is 15.1. The zero-order chi connectivity index (χ0) is 11.6. The van der Waals surface area contributed by atoms with E-state index in [1.54, 1.807) is 0 Å². The van der Waals surface area contributed by atoms with E-state index in [1.165, 1.54) is 51.7 Å². The Morgan fingerprint density at radius 2 is 2.06 bits per heavy atom. The minimum atomic E-state index is 0.683. The number of piperidine rings is 1. The van der Waals surface area contributed by atoms with Crippen LogP contribution in [0.2, 0.25) is 0 Å². The molecule has 1 N–H and O–H groups in total. The summed E-state index contributed by atoms with van der Waals surface area (Å²) in [6.07, 6.45) is 9.85. The minimum absolute atomic E-state index is 0.683. The van der Waals surface area contributed by atoms with Gasteiger partial charge in [-0.25, -0.2) is 0 Å². The highest BCUT2D eigenvalue weighted by Gasteiger charge is 2.10. The van der Waals surface area contributed by atoms with Crippen molar-refractivity contribution in [3.05, 3.63) is 12.7 Å². The summed E-state index contributed by atoms with van der Waals surface area (Å²) in [5.74, 6) is 0. The molecular formula is C14H28N2. The minimum Gasteiger partial charge on any atom is -0.313 e. The topological polar surface area (TPSA) is 15.3 Å². The molecule has 0 aromatic heterocycles. The molecule has 1 fully saturated rings. The van der Waals surface area contributed by atoms with E-state index in [4.69, 9.17) is 0 Å². The Labute approximate surface area is 101 Å². The number of hydrogen-bond donors (Lipinski definition) is 1. The van der Waals surface area contributed by atoms with Crippen molar-refractivity contribution in [2.24, 2.45) is 0 Å². The number of likely N-dealkylation sites (tertiary alicyclic amines) is 1. The Hall–Kier alpha value is -0.340. The molecule has 0 spiro atoms. The molecule has 0 aromatic carbocycles. The van der Waals surface area contributed by atoms with Gasteiger partial charge in [0, 0.05) is 19.1 Å². The highest BCUT2D eigenvalue weighted by molar-refractivity contribution is 4.74. The van der Waals surface area contributed by atoms with E-state index in [2.05, 4.69) is 23.7 Å². The van der Waals surface area contributed by atoms with Crippen molar-refractivity contribution in [3.63, 3.8) is 0 Å². The molecule has 0 radical (unpaired) electrons. The van der Waals surface area contributed by atoms with Crippen molar-refractivity contribution in [2.75, 3.05) is 26.2 Å². The van der Waals surface area contributed by atoms with Crippen LogP contribution in [-0.2, 0) is 0 Å². The van der Waals surface area contributed by atoms with E-state index in [0.29, 0.717) is 6.04 Å². The normalized spacial score (nSPS) is 19.6. The summed E-state index contributed by atoms with van der Waals surface area (Å²) in [4.78, 5) is 2.59. The van der Waals surface area contributed by atoms with Gasteiger partial charge in [0.1, 0.15) is 0 Å². The maximum Gasteiger partial charge on any atom is 0.0107 e. The Morgan fingerprint density at radius 3 is 2.69 bits per heavy atom. The van der Waals surface area contributed by atoms with Gasteiger partial charge < -0.3 is 10.2 Å². The quantitative estimate of drug-likeness (QED) is 0.638. The number of nitrogens with zero attached hydrogens (tertiary/aromatic N) is 1. The maximum atomic E-state index is 3.78. The van der Waals surface area contributed by atoms with Gasteiger partial charge in [0.05, 0.1) is 0 Å². The van der Waals surface area contributed by atoms with Crippen LogP contribution in [0.25, 0.3) is 0 Å². The van der Waals surface area contributed by atoms with E-state index in [1.807, 2.05) is 6.08 Å². The van der Waals surface area contributed by atoms with Crippen LogP contribution in [0.4, 0.5) is 0 Å². The summed E-state index contributed by atoms with van der Waals surface area (Å²) in [7, 11) is 0. The summed E-state index contributed by atoms with van der Waals surface area (Å²) in [5.41, 5.74) is 0. The Balaban J connectivity index is 2.04. The number of nitrogens with one attached hydrogen (secondary N) is 1. The average Bonchev–Trinajstić information content (AvgIpc) is 2.35. The summed E-state index contributed by atoms with van der Waals surface area (Å²) in [5, 5.41) is 3.66. The predicted molar refractivity (Wildman–Crippen MR) is 71.8 cm³/mol. The number of rotatable bonds is 8. The first-order valence-electron chi connectivity index (χ1n) is 6.93. The molecule has 1 rings (SSSR count). The highest BCUT2D eigenvalue weighted by Crippen LogP contribution is 2.07. The van der Waals surface area contributed by atoms with Crippen molar-refractivity contribution in [1.29, 1.82) is 0 Å². The lowest BCUT2D eigenvalue weighted by Gasteiger charge is -2.27. The second-order valence-corrected chi connectivity index (χ2v) is 4.83. The van der Waals surface area contributed by atoms with Crippen molar-refractivity contribution in [3.8, 4) is 0 Å². The molecule has 2 heteroatoms. The summed E-state index contributed by atoms with van der Waals surface area (Å²) >= 11 is 0. The van der Waals surface area contributed by atoms with Crippen molar-refractivity contribution < 1.29 is 0 Å². The van der Waals surface area contributed by atoms with Crippen LogP contribution in [0.5, 0.6) is 0 Å². The third-order valence-electron chi connectivity index (χ3n) is 3.52. The number of allylic oxidation sites excluding steroid dienone is 1. The van der Waals surface area contributed by atoms with E-state index in [-0.39, 0.29) is 0 Å². The molecule has 2 nitrogen and oxygen atoms in total. The number of hydrogen-bond acceptors (Lipinski definition) is 2. The van der Waals surface area contributed by atoms with E-state index >= 15 is 0 Å². The second-order valence-electron chi connectivity index (χ2n) is 4.83. The lowest BCUT2D eigenvalue weighted by atomic mass is 10.1. The Kier molecular flexibility index (Phi) is 7.52. The summed E-state index contributed by atoms with van der Waals surface area (Å²) in [6.45, 7) is 11.0. The summed E-state index contributed by atoms with van der Waals surface area (Å²) < 4.78 is 0. The molecule has 1 unspecified atom stereocenters. The standard InChI is InChI=1S/C14H28N2/c1-3-5-9-14(4-2)15-10-13-16-11-7-6-8-12-16/h3,14-15H,1,4-13H2,2H3. The Morgan fingerprint density at radius 1 is 1.31 bits per heavy atom. The van der Waals surface area contributed by atoms with Crippen LogP contribution in [0.15, 0.2) is 12.7 Å². The van der Waals surface area contributed by atoms with E-state index in [9.17, 15) is 0 Å². The first-order chi connectivity index (χ1) is 7.86. The van der Waals surface area contributed by atoms with Gasteiger partial charge in [-0.1, -0.05) is 19.4 Å². The van der Waals surface area contributed by atoms with Crippen LogP contribution in [0.3, 0.4) is 0 Å². The van der Waals surface area contributed by atoms with Gasteiger partial charge in [0.15, 0.2) is 0 Å². The fraction of sp³-hybridized carbons (Fsp3) is 0.857. The average molecular weight is 224 g/mol. The van der Waals surface area contributed by atoms with Gasteiger partial charge >= 0.3 is 0 Å².